The van der Waals surface area contributed by atoms with Crippen LogP contribution < -0.4 is 0 Å². The first-order valence-electron chi connectivity index (χ1n) is 4.07. The van der Waals surface area contributed by atoms with Gasteiger partial charge in [0.15, 0.2) is 0 Å². The second-order valence-electron chi connectivity index (χ2n) is 2.41. The minimum Gasteiger partial charge on any atom is -0.410 e. The highest BCUT2D eigenvalue weighted by molar-refractivity contribution is 4.82. The van der Waals surface area contributed by atoms with Crippen molar-refractivity contribution in [1.29, 1.82) is 0 Å². The van der Waals surface area contributed by atoms with Crippen molar-refractivity contribution in [3.05, 3.63) is 37.6 Å². The van der Waals surface area contributed by atoms with Gasteiger partial charge in [0.1, 0.15) is 5.76 Å². The molecule has 2 heteroatoms. The number of hydrogen-bond acceptors (Lipinski definition) is 2. The molecule has 0 aliphatic carbocycles. The molecule has 0 N–H and O–H groups in total. The minimum atomic E-state index is 0.686. The molecule has 0 rings (SSSR count). The van der Waals surface area contributed by atoms with Crippen LogP contribution in [-0.4, -0.2) is 18.2 Å². The Bertz CT molecular complexity index is 153. The van der Waals surface area contributed by atoms with Crippen molar-refractivity contribution in [2.75, 3.05) is 13.1 Å². The molecular weight excluding hydrogens is 150 g/mol. The van der Waals surface area contributed by atoms with E-state index in [2.05, 4.69) is 19.7 Å². The zero-order chi connectivity index (χ0) is 9.40. The van der Waals surface area contributed by atoms with Crippen LogP contribution >= 0.6 is 0 Å². The van der Waals surface area contributed by atoms with Gasteiger partial charge in [-0.05, 0) is 0 Å². The van der Waals surface area contributed by atoms with Crippen molar-refractivity contribution >= 4 is 0 Å². The summed E-state index contributed by atoms with van der Waals surface area (Å²) >= 11 is 0. The lowest BCUT2D eigenvalue weighted by molar-refractivity contribution is -0.103. The SMILES string of the molecule is C=CCN(CC=C)OC(=C)CC. The van der Waals surface area contributed by atoms with Gasteiger partial charge < -0.3 is 4.84 Å². The molecule has 12 heavy (non-hydrogen) atoms. The van der Waals surface area contributed by atoms with Crippen molar-refractivity contribution < 1.29 is 4.84 Å². The normalized spacial score (nSPS) is 9.50. The highest BCUT2D eigenvalue weighted by Gasteiger charge is 2.01. The summed E-state index contributed by atoms with van der Waals surface area (Å²) < 4.78 is 0. The van der Waals surface area contributed by atoms with Gasteiger partial charge in [0.2, 0.25) is 0 Å². The third-order valence-electron chi connectivity index (χ3n) is 1.32. The highest BCUT2D eigenvalue weighted by atomic mass is 16.7. The molecule has 0 aliphatic rings. The van der Waals surface area contributed by atoms with Crippen LogP contribution in [0.1, 0.15) is 13.3 Å². The van der Waals surface area contributed by atoms with Crippen LogP contribution in [-0.2, 0) is 4.84 Å². The molecule has 0 spiro atoms. The summed E-state index contributed by atoms with van der Waals surface area (Å²) in [5.74, 6) is 0.763. The van der Waals surface area contributed by atoms with Crippen LogP contribution in [0, 0.1) is 0 Å². The molecule has 0 atom stereocenters. The lowest BCUT2D eigenvalue weighted by atomic mass is 10.4. The zero-order valence-corrected chi connectivity index (χ0v) is 7.75. The summed E-state index contributed by atoms with van der Waals surface area (Å²) in [6.07, 6.45) is 4.39. The molecule has 0 aromatic heterocycles. The fourth-order valence-corrected chi connectivity index (χ4v) is 0.684. The molecule has 0 unspecified atom stereocenters. The largest absolute Gasteiger partial charge is 0.410 e. The topological polar surface area (TPSA) is 12.5 Å². The van der Waals surface area contributed by atoms with Gasteiger partial charge in [-0.15, -0.1) is 18.2 Å². The number of nitrogens with zero attached hydrogens (tertiary/aromatic N) is 1. The van der Waals surface area contributed by atoms with E-state index in [1.54, 1.807) is 17.2 Å². The Morgan fingerprint density at radius 1 is 1.33 bits per heavy atom. The lowest BCUT2D eigenvalue weighted by Gasteiger charge is -2.19. The molecule has 0 amide bonds. The van der Waals surface area contributed by atoms with E-state index >= 15 is 0 Å². The molecule has 68 valence electrons. The predicted molar refractivity (Wildman–Crippen MR) is 52.5 cm³/mol. The summed E-state index contributed by atoms with van der Waals surface area (Å²) in [5, 5.41) is 1.76. The molecular formula is C10H17NO. The first-order chi connectivity index (χ1) is 5.74. The predicted octanol–water partition coefficient (Wildman–Crippen LogP) is 2.52. The molecule has 0 heterocycles. The van der Waals surface area contributed by atoms with Gasteiger partial charge in [0.25, 0.3) is 0 Å². The Kier molecular flexibility index (Phi) is 6.11. The maximum atomic E-state index is 5.38. The van der Waals surface area contributed by atoms with Crippen molar-refractivity contribution in [3.63, 3.8) is 0 Å². The standard InChI is InChI=1S/C10H17NO/c1-5-8-11(9-6-2)12-10(4)7-3/h5-6H,1-2,4,7-9H2,3H3. The molecule has 0 radical (unpaired) electrons. The van der Waals surface area contributed by atoms with Crippen molar-refractivity contribution in [2.24, 2.45) is 0 Å². The van der Waals surface area contributed by atoms with Gasteiger partial charge in [0, 0.05) is 6.42 Å². The zero-order valence-electron chi connectivity index (χ0n) is 7.75. The van der Waals surface area contributed by atoms with E-state index in [9.17, 15) is 0 Å². The van der Waals surface area contributed by atoms with Crippen LogP contribution in [0.4, 0.5) is 0 Å². The van der Waals surface area contributed by atoms with Gasteiger partial charge in [-0.25, -0.2) is 0 Å². The van der Waals surface area contributed by atoms with Crippen LogP contribution in [0.2, 0.25) is 0 Å². The Morgan fingerprint density at radius 3 is 2.17 bits per heavy atom. The first-order valence-corrected chi connectivity index (χ1v) is 4.07. The third-order valence-corrected chi connectivity index (χ3v) is 1.32. The van der Waals surface area contributed by atoms with E-state index in [4.69, 9.17) is 4.84 Å². The highest BCUT2D eigenvalue weighted by Crippen LogP contribution is 2.03. The summed E-state index contributed by atoms with van der Waals surface area (Å²) in [5.41, 5.74) is 0. The molecule has 2 nitrogen and oxygen atoms in total. The summed E-state index contributed by atoms with van der Waals surface area (Å²) in [4.78, 5) is 5.38. The summed E-state index contributed by atoms with van der Waals surface area (Å²) in [7, 11) is 0. The Balaban J connectivity index is 3.83. The van der Waals surface area contributed by atoms with Crippen LogP contribution in [0.25, 0.3) is 0 Å². The van der Waals surface area contributed by atoms with Crippen molar-refractivity contribution in [1.82, 2.24) is 5.06 Å². The van der Waals surface area contributed by atoms with Gasteiger partial charge in [0.05, 0.1) is 13.1 Å². The van der Waals surface area contributed by atoms with E-state index in [0.29, 0.717) is 13.1 Å². The molecule has 0 saturated heterocycles. The Hall–Kier alpha value is -1.02. The average molecular weight is 167 g/mol. The van der Waals surface area contributed by atoms with E-state index in [-0.39, 0.29) is 0 Å². The van der Waals surface area contributed by atoms with Gasteiger partial charge in [-0.2, -0.15) is 0 Å². The molecule has 0 saturated carbocycles. The molecule has 0 aliphatic heterocycles. The number of hydrogen-bond donors (Lipinski definition) is 0. The monoisotopic (exact) mass is 167 g/mol. The number of allylic oxidation sites excluding steroid dienone is 1. The fraction of sp³-hybridized carbons (Fsp3) is 0.400. The van der Waals surface area contributed by atoms with Gasteiger partial charge in [-0.1, -0.05) is 25.7 Å². The second-order valence-corrected chi connectivity index (χ2v) is 2.41. The third kappa shape index (κ3) is 4.74. The van der Waals surface area contributed by atoms with Crippen LogP contribution in [0.3, 0.4) is 0 Å². The summed E-state index contributed by atoms with van der Waals surface area (Å²) in [6, 6.07) is 0. The number of rotatable bonds is 7. The van der Waals surface area contributed by atoms with Crippen molar-refractivity contribution in [3.8, 4) is 0 Å². The van der Waals surface area contributed by atoms with Gasteiger partial charge >= 0.3 is 0 Å². The smallest absolute Gasteiger partial charge is 0.117 e. The van der Waals surface area contributed by atoms with E-state index in [1.807, 2.05) is 6.92 Å². The van der Waals surface area contributed by atoms with E-state index in [0.717, 1.165) is 12.2 Å². The maximum absolute atomic E-state index is 5.38. The van der Waals surface area contributed by atoms with E-state index in [1.165, 1.54) is 0 Å². The quantitative estimate of drug-likeness (QED) is 0.328. The molecule has 0 aromatic carbocycles. The fourth-order valence-electron chi connectivity index (χ4n) is 0.684. The lowest BCUT2D eigenvalue weighted by Crippen LogP contribution is -2.23. The van der Waals surface area contributed by atoms with Crippen LogP contribution in [0.5, 0.6) is 0 Å². The minimum absolute atomic E-state index is 0.686. The Labute approximate surface area is 74.8 Å². The van der Waals surface area contributed by atoms with E-state index < -0.39 is 0 Å². The second kappa shape index (κ2) is 6.68. The molecule has 0 aromatic rings. The summed E-state index contributed by atoms with van der Waals surface area (Å²) in [6.45, 7) is 14.4. The Morgan fingerprint density at radius 2 is 1.83 bits per heavy atom. The number of hydroxylamine groups is 2. The molecule has 0 bridgehead atoms. The van der Waals surface area contributed by atoms with Crippen LogP contribution in [0.15, 0.2) is 37.6 Å². The first kappa shape index (κ1) is 11.0. The molecule has 0 fully saturated rings. The maximum Gasteiger partial charge on any atom is 0.117 e. The van der Waals surface area contributed by atoms with Gasteiger partial charge in [-0.3, -0.25) is 0 Å². The average Bonchev–Trinajstić information content (AvgIpc) is 2.05. The van der Waals surface area contributed by atoms with Crippen molar-refractivity contribution in [2.45, 2.75) is 13.3 Å².